The number of rotatable bonds is 14. The van der Waals surface area contributed by atoms with Gasteiger partial charge in [-0.3, -0.25) is 14.2 Å². The van der Waals surface area contributed by atoms with Crippen LogP contribution in [0.2, 0.25) is 0 Å². The number of anilines is 1. The Labute approximate surface area is 199 Å². The number of ether oxygens (including phenoxy) is 1. The summed E-state index contributed by atoms with van der Waals surface area (Å²) in [5.74, 6) is 1.35. The Hall–Kier alpha value is -2.63. The minimum absolute atomic E-state index is 0.00394. The third-order valence-corrected chi connectivity index (χ3v) is 5.79. The maximum absolute atomic E-state index is 13.4. The molecule has 1 heterocycles. The van der Waals surface area contributed by atoms with E-state index in [0.29, 0.717) is 24.5 Å². The van der Waals surface area contributed by atoms with Gasteiger partial charge in [0.05, 0.1) is 6.10 Å². The van der Waals surface area contributed by atoms with Gasteiger partial charge in [-0.05, 0) is 51.0 Å². The molecule has 2 rings (SSSR count). The van der Waals surface area contributed by atoms with Gasteiger partial charge >= 0.3 is 0 Å². The highest BCUT2D eigenvalue weighted by atomic mass is 16.5. The van der Waals surface area contributed by atoms with E-state index in [1.807, 2.05) is 31.2 Å². The first-order chi connectivity index (χ1) is 15.9. The fraction of sp³-hybridized carbons (Fsp3) is 0.593. The highest BCUT2D eigenvalue weighted by molar-refractivity contribution is 5.93. The first kappa shape index (κ1) is 26.6. The minimum atomic E-state index is -0.177. The summed E-state index contributed by atoms with van der Waals surface area (Å²) in [6.45, 7) is 10.8. The van der Waals surface area contributed by atoms with E-state index < -0.39 is 0 Å². The van der Waals surface area contributed by atoms with Gasteiger partial charge in [0.15, 0.2) is 0 Å². The summed E-state index contributed by atoms with van der Waals surface area (Å²) in [6, 6.07) is 9.22. The van der Waals surface area contributed by atoms with E-state index in [-0.39, 0.29) is 24.1 Å². The van der Waals surface area contributed by atoms with Gasteiger partial charge in [-0.2, -0.15) is 0 Å². The summed E-state index contributed by atoms with van der Waals surface area (Å²) in [7, 11) is 0. The van der Waals surface area contributed by atoms with Gasteiger partial charge in [0, 0.05) is 30.4 Å². The topological polar surface area (TPSA) is 64.4 Å². The van der Waals surface area contributed by atoms with Crippen LogP contribution in [0.25, 0.3) is 0 Å². The van der Waals surface area contributed by atoms with Gasteiger partial charge in [0.25, 0.3) is 5.56 Å². The molecule has 0 aliphatic heterocycles. The third kappa shape index (κ3) is 8.34. The number of carbonyl (C=O) groups excluding carboxylic acids is 1. The smallest absolute Gasteiger partial charge is 0.254 e. The summed E-state index contributed by atoms with van der Waals surface area (Å²) in [4.78, 5) is 32.2. The number of hydrogen-bond acceptors (Lipinski definition) is 4. The van der Waals surface area contributed by atoms with E-state index in [1.54, 1.807) is 11.8 Å². The summed E-state index contributed by atoms with van der Waals surface area (Å²) in [5.41, 5.74) is 1.34. The number of amides is 1. The van der Waals surface area contributed by atoms with Crippen molar-refractivity contribution in [3.05, 3.63) is 52.2 Å². The average molecular weight is 456 g/mol. The summed E-state index contributed by atoms with van der Waals surface area (Å²) >= 11 is 0. The molecule has 2 aromatic rings. The normalized spacial score (nSPS) is 11.9. The van der Waals surface area contributed by atoms with Crippen LogP contribution in [0.3, 0.4) is 0 Å². The van der Waals surface area contributed by atoms with Crippen molar-refractivity contribution >= 4 is 11.6 Å². The number of carbonyl (C=O) groups is 1. The van der Waals surface area contributed by atoms with Crippen molar-refractivity contribution in [1.29, 1.82) is 0 Å². The van der Waals surface area contributed by atoms with Crippen LogP contribution in [-0.2, 0) is 17.8 Å². The van der Waals surface area contributed by atoms with Gasteiger partial charge in [-0.15, -0.1) is 0 Å². The van der Waals surface area contributed by atoms with Crippen LogP contribution in [0.4, 0.5) is 5.69 Å². The standard InChI is InChI=1S/C27H41N3O3/c1-6-9-10-11-12-18-29(23-14-16-24(17-15-23)33-22(5)13-7-2)27(32)20-30-25(8-3)28-21(4)19-26(30)31/h14-17,19,22H,6-13,18,20H2,1-5H3. The van der Waals surface area contributed by atoms with Gasteiger partial charge in [-0.25, -0.2) is 4.98 Å². The van der Waals surface area contributed by atoms with E-state index in [4.69, 9.17) is 4.74 Å². The van der Waals surface area contributed by atoms with Crippen LogP contribution >= 0.6 is 0 Å². The lowest BCUT2D eigenvalue weighted by Gasteiger charge is -2.24. The summed E-state index contributed by atoms with van der Waals surface area (Å²) in [6.07, 6.45) is 8.41. The van der Waals surface area contributed by atoms with Crippen molar-refractivity contribution < 1.29 is 9.53 Å². The summed E-state index contributed by atoms with van der Waals surface area (Å²) in [5, 5.41) is 0. The van der Waals surface area contributed by atoms with Crippen LogP contribution < -0.4 is 15.2 Å². The molecule has 182 valence electrons. The molecule has 33 heavy (non-hydrogen) atoms. The molecule has 1 atom stereocenters. The lowest BCUT2D eigenvalue weighted by atomic mass is 10.1. The second kappa shape index (κ2) is 13.8. The van der Waals surface area contributed by atoms with E-state index in [0.717, 1.165) is 37.1 Å². The number of aryl methyl sites for hydroxylation is 2. The van der Waals surface area contributed by atoms with Crippen molar-refractivity contribution in [3.8, 4) is 5.75 Å². The Balaban J connectivity index is 2.21. The van der Waals surface area contributed by atoms with Crippen LogP contribution in [0, 0.1) is 6.92 Å². The monoisotopic (exact) mass is 455 g/mol. The van der Waals surface area contributed by atoms with Crippen LogP contribution in [-0.4, -0.2) is 28.1 Å². The maximum Gasteiger partial charge on any atom is 0.254 e. The number of nitrogens with zero attached hydrogens (tertiary/aromatic N) is 3. The molecular formula is C27H41N3O3. The molecule has 1 amide bonds. The molecule has 0 saturated heterocycles. The molecule has 0 bridgehead atoms. The number of hydrogen-bond donors (Lipinski definition) is 0. The zero-order chi connectivity index (χ0) is 24.2. The lowest BCUT2D eigenvalue weighted by Crippen LogP contribution is -2.38. The van der Waals surface area contributed by atoms with Crippen molar-refractivity contribution in [2.45, 2.75) is 98.6 Å². The van der Waals surface area contributed by atoms with Gasteiger partial charge in [-0.1, -0.05) is 52.9 Å². The quantitative estimate of drug-likeness (QED) is 0.344. The largest absolute Gasteiger partial charge is 0.491 e. The molecule has 0 fully saturated rings. The minimum Gasteiger partial charge on any atom is -0.491 e. The Bertz CT molecular complexity index is 921. The van der Waals surface area contributed by atoms with Crippen LogP contribution in [0.5, 0.6) is 5.75 Å². The molecular weight excluding hydrogens is 414 g/mol. The third-order valence-electron chi connectivity index (χ3n) is 5.79. The Morgan fingerprint density at radius 2 is 1.76 bits per heavy atom. The Morgan fingerprint density at radius 3 is 2.39 bits per heavy atom. The van der Waals surface area contributed by atoms with Gasteiger partial charge < -0.3 is 9.64 Å². The van der Waals surface area contributed by atoms with Crippen molar-refractivity contribution in [3.63, 3.8) is 0 Å². The highest BCUT2D eigenvalue weighted by Crippen LogP contribution is 2.22. The predicted octanol–water partition coefficient (Wildman–Crippen LogP) is 5.69. The van der Waals surface area contributed by atoms with Crippen LogP contribution in [0.15, 0.2) is 35.1 Å². The second-order valence-electron chi connectivity index (χ2n) is 8.76. The maximum atomic E-state index is 13.4. The molecule has 1 aromatic carbocycles. The molecule has 6 heteroatoms. The number of unbranched alkanes of at least 4 members (excludes halogenated alkanes) is 4. The molecule has 1 aromatic heterocycles. The van der Waals surface area contributed by atoms with Crippen molar-refractivity contribution in [2.75, 3.05) is 11.4 Å². The van der Waals surface area contributed by atoms with Gasteiger partial charge in [0.1, 0.15) is 18.1 Å². The Morgan fingerprint density at radius 1 is 1.06 bits per heavy atom. The lowest BCUT2D eigenvalue weighted by molar-refractivity contribution is -0.119. The predicted molar refractivity (Wildman–Crippen MR) is 135 cm³/mol. The zero-order valence-electron chi connectivity index (χ0n) is 21.1. The average Bonchev–Trinajstić information content (AvgIpc) is 2.78. The van der Waals surface area contributed by atoms with Crippen molar-refractivity contribution in [1.82, 2.24) is 9.55 Å². The Kier molecular flexibility index (Phi) is 11.1. The molecule has 1 unspecified atom stereocenters. The number of aromatic nitrogens is 2. The molecule has 0 aliphatic carbocycles. The fourth-order valence-electron chi connectivity index (χ4n) is 4.01. The SMILES string of the molecule is CCCCCCCN(C(=O)Cn1c(CC)nc(C)cc1=O)c1ccc(OC(C)CCC)cc1. The zero-order valence-corrected chi connectivity index (χ0v) is 21.1. The van der Waals surface area contributed by atoms with Crippen molar-refractivity contribution in [2.24, 2.45) is 0 Å². The molecule has 0 aliphatic rings. The summed E-state index contributed by atoms with van der Waals surface area (Å²) < 4.78 is 7.47. The van der Waals surface area contributed by atoms with E-state index >= 15 is 0 Å². The first-order valence-electron chi connectivity index (χ1n) is 12.5. The fourth-order valence-corrected chi connectivity index (χ4v) is 4.01. The molecule has 0 spiro atoms. The van der Waals surface area contributed by atoms with E-state index in [9.17, 15) is 9.59 Å². The molecule has 0 radical (unpaired) electrons. The second-order valence-corrected chi connectivity index (χ2v) is 8.76. The highest BCUT2D eigenvalue weighted by Gasteiger charge is 2.19. The van der Waals surface area contributed by atoms with E-state index in [1.165, 1.54) is 29.9 Å². The van der Waals surface area contributed by atoms with Crippen LogP contribution in [0.1, 0.15) is 84.2 Å². The molecule has 0 saturated carbocycles. The molecule has 6 nitrogen and oxygen atoms in total. The van der Waals surface area contributed by atoms with Gasteiger partial charge in [0.2, 0.25) is 5.91 Å². The molecule has 0 N–H and O–H groups in total. The van der Waals surface area contributed by atoms with E-state index in [2.05, 4.69) is 25.8 Å². The number of benzene rings is 1. The first-order valence-corrected chi connectivity index (χ1v) is 12.5.